The molecular formula is C12H19N5O3S. The van der Waals surface area contributed by atoms with Crippen molar-refractivity contribution in [2.75, 3.05) is 25.4 Å². The largest absolute Gasteiger partial charge is 0.465 e. The SMILES string of the molecule is CCOC(=O)CN(CC)C(=O)CSc1nnnn1C1CC1. The van der Waals surface area contributed by atoms with Crippen molar-refractivity contribution in [1.29, 1.82) is 0 Å². The van der Waals surface area contributed by atoms with Crippen LogP contribution in [0.4, 0.5) is 0 Å². The van der Waals surface area contributed by atoms with Gasteiger partial charge in [-0.05, 0) is 37.1 Å². The Balaban J connectivity index is 1.84. The molecule has 0 atom stereocenters. The summed E-state index contributed by atoms with van der Waals surface area (Å²) in [6.45, 7) is 4.33. The summed E-state index contributed by atoms with van der Waals surface area (Å²) in [4.78, 5) is 25.0. The molecule has 0 bridgehead atoms. The highest BCUT2D eigenvalue weighted by Crippen LogP contribution is 2.36. The Hall–Kier alpha value is -1.64. The van der Waals surface area contributed by atoms with Gasteiger partial charge >= 0.3 is 5.97 Å². The van der Waals surface area contributed by atoms with E-state index in [9.17, 15) is 9.59 Å². The predicted molar refractivity (Wildman–Crippen MR) is 75.7 cm³/mol. The number of hydrogen-bond acceptors (Lipinski definition) is 7. The van der Waals surface area contributed by atoms with Gasteiger partial charge in [-0.3, -0.25) is 9.59 Å². The minimum atomic E-state index is -0.388. The molecule has 1 fully saturated rings. The molecule has 1 aromatic rings. The second-order valence-corrected chi connectivity index (χ2v) is 5.58. The molecule has 9 heteroatoms. The Morgan fingerprint density at radius 1 is 1.43 bits per heavy atom. The lowest BCUT2D eigenvalue weighted by atomic mass is 10.4. The summed E-state index contributed by atoms with van der Waals surface area (Å²) in [6, 6.07) is 0.374. The van der Waals surface area contributed by atoms with Gasteiger partial charge < -0.3 is 9.64 Å². The fourth-order valence-corrected chi connectivity index (χ4v) is 2.63. The third kappa shape index (κ3) is 4.42. The van der Waals surface area contributed by atoms with Gasteiger partial charge in [0.1, 0.15) is 6.54 Å². The molecule has 0 N–H and O–H groups in total. The molecule has 1 aliphatic carbocycles. The lowest BCUT2D eigenvalue weighted by Crippen LogP contribution is -2.37. The molecule has 8 nitrogen and oxygen atoms in total. The Morgan fingerprint density at radius 3 is 2.81 bits per heavy atom. The van der Waals surface area contributed by atoms with Crippen LogP contribution in [0.1, 0.15) is 32.7 Å². The van der Waals surface area contributed by atoms with Crippen LogP contribution in [-0.2, 0) is 14.3 Å². The van der Waals surface area contributed by atoms with Gasteiger partial charge in [0.2, 0.25) is 11.1 Å². The van der Waals surface area contributed by atoms with E-state index in [1.54, 1.807) is 11.6 Å². The van der Waals surface area contributed by atoms with Crippen molar-refractivity contribution in [1.82, 2.24) is 25.1 Å². The maximum Gasteiger partial charge on any atom is 0.325 e. The number of carbonyl (C=O) groups is 2. The minimum absolute atomic E-state index is 0.0166. The molecule has 0 aliphatic heterocycles. The maximum atomic E-state index is 12.1. The van der Waals surface area contributed by atoms with Crippen LogP contribution in [0.15, 0.2) is 5.16 Å². The fraction of sp³-hybridized carbons (Fsp3) is 0.750. The summed E-state index contributed by atoms with van der Waals surface area (Å²) in [6.07, 6.45) is 2.16. The van der Waals surface area contributed by atoms with Crippen molar-refractivity contribution in [3.8, 4) is 0 Å². The van der Waals surface area contributed by atoms with E-state index in [0.29, 0.717) is 24.3 Å². The first-order chi connectivity index (χ1) is 10.2. The number of likely N-dealkylation sites (N-methyl/N-ethyl adjacent to an activating group) is 1. The van der Waals surface area contributed by atoms with Gasteiger partial charge in [-0.2, -0.15) is 0 Å². The number of carbonyl (C=O) groups excluding carboxylic acids is 2. The van der Waals surface area contributed by atoms with Crippen molar-refractivity contribution in [3.05, 3.63) is 0 Å². The van der Waals surface area contributed by atoms with E-state index in [2.05, 4.69) is 15.5 Å². The molecule has 2 rings (SSSR count). The number of thioether (sulfide) groups is 1. The summed E-state index contributed by atoms with van der Waals surface area (Å²) in [7, 11) is 0. The molecule has 21 heavy (non-hydrogen) atoms. The van der Waals surface area contributed by atoms with Crippen molar-refractivity contribution in [3.63, 3.8) is 0 Å². The van der Waals surface area contributed by atoms with E-state index in [1.165, 1.54) is 16.7 Å². The zero-order valence-corrected chi connectivity index (χ0v) is 13.0. The van der Waals surface area contributed by atoms with Crippen molar-refractivity contribution in [2.24, 2.45) is 0 Å². The standard InChI is InChI=1S/C12H19N5O3S/c1-3-16(7-11(19)20-4-2)10(18)8-21-12-13-14-15-17(12)9-5-6-9/h9H,3-8H2,1-2H3. The van der Waals surface area contributed by atoms with Gasteiger partial charge in [0.15, 0.2) is 0 Å². The number of amides is 1. The molecule has 0 unspecified atom stereocenters. The van der Waals surface area contributed by atoms with Gasteiger partial charge in [-0.1, -0.05) is 11.8 Å². The quantitative estimate of drug-likeness (QED) is 0.510. The van der Waals surface area contributed by atoms with E-state index < -0.39 is 0 Å². The van der Waals surface area contributed by atoms with Gasteiger partial charge in [0.25, 0.3) is 0 Å². The number of rotatable bonds is 8. The molecule has 1 aromatic heterocycles. The first-order valence-corrected chi connectivity index (χ1v) is 7.98. The third-order valence-corrected chi connectivity index (χ3v) is 3.96. The lowest BCUT2D eigenvalue weighted by molar-refractivity contribution is -0.148. The number of tetrazole rings is 1. The second-order valence-electron chi connectivity index (χ2n) is 4.64. The van der Waals surface area contributed by atoms with Gasteiger partial charge in [0, 0.05) is 6.54 Å². The highest BCUT2D eigenvalue weighted by atomic mass is 32.2. The smallest absolute Gasteiger partial charge is 0.325 e. The van der Waals surface area contributed by atoms with Crippen LogP contribution < -0.4 is 0 Å². The van der Waals surface area contributed by atoms with Gasteiger partial charge in [0.05, 0.1) is 18.4 Å². The molecule has 0 aromatic carbocycles. The number of hydrogen-bond donors (Lipinski definition) is 0. The Morgan fingerprint density at radius 2 is 2.19 bits per heavy atom. The summed E-state index contributed by atoms with van der Waals surface area (Å²) < 4.78 is 6.62. The summed E-state index contributed by atoms with van der Waals surface area (Å²) >= 11 is 1.30. The molecule has 0 radical (unpaired) electrons. The number of esters is 1. The van der Waals surface area contributed by atoms with Crippen LogP contribution in [-0.4, -0.2) is 62.4 Å². The topological polar surface area (TPSA) is 90.2 Å². The predicted octanol–water partition coefficient (Wildman–Crippen LogP) is 0.512. The van der Waals surface area contributed by atoms with Crippen LogP contribution in [0.3, 0.4) is 0 Å². The normalized spacial score (nSPS) is 14.0. The monoisotopic (exact) mass is 313 g/mol. The zero-order valence-electron chi connectivity index (χ0n) is 12.2. The van der Waals surface area contributed by atoms with Crippen molar-refractivity contribution >= 4 is 23.6 Å². The second kappa shape index (κ2) is 7.39. The van der Waals surface area contributed by atoms with Crippen molar-refractivity contribution < 1.29 is 14.3 Å². The molecular weight excluding hydrogens is 294 g/mol. The van der Waals surface area contributed by atoms with E-state index >= 15 is 0 Å². The van der Waals surface area contributed by atoms with E-state index in [1.807, 2.05) is 6.92 Å². The number of nitrogens with zero attached hydrogens (tertiary/aromatic N) is 5. The van der Waals surface area contributed by atoms with Crippen LogP contribution >= 0.6 is 11.8 Å². The van der Waals surface area contributed by atoms with E-state index in [4.69, 9.17) is 4.74 Å². The van der Waals surface area contributed by atoms with Gasteiger partial charge in [-0.25, -0.2) is 4.68 Å². The molecule has 0 spiro atoms. The minimum Gasteiger partial charge on any atom is -0.465 e. The number of aromatic nitrogens is 4. The molecule has 1 aliphatic rings. The highest BCUT2D eigenvalue weighted by molar-refractivity contribution is 7.99. The molecule has 1 saturated carbocycles. The first-order valence-electron chi connectivity index (χ1n) is 6.99. The van der Waals surface area contributed by atoms with Crippen LogP contribution in [0.2, 0.25) is 0 Å². The maximum absolute atomic E-state index is 12.1. The van der Waals surface area contributed by atoms with Crippen molar-refractivity contribution in [2.45, 2.75) is 37.9 Å². The Bertz CT molecular complexity index is 503. The summed E-state index contributed by atoms with van der Waals surface area (Å²) in [5.41, 5.74) is 0. The van der Waals surface area contributed by atoms with E-state index in [0.717, 1.165) is 12.8 Å². The first kappa shape index (κ1) is 15.7. The van der Waals surface area contributed by atoms with Crippen LogP contribution in [0, 0.1) is 0 Å². The van der Waals surface area contributed by atoms with Gasteiger partial charge in [-0.15, -0.1) is 5.10 Å². The van der Waals surface area contributed by atoms with Crippen LogP contribution in [0.5, 0.6) is 0 Å². The summed E-state index contributed by atoms with van der Waals surface area (Å²) in [5.74, 6) is -0.304. The highest BCUT2D eigenvalue weighted by Gasteiger charge is 2.28. The average Bonchev–Trinajstić information content (AvgIpc) is 3.21. The molecule has 0 saturated heterocycles. The Kier molecular flexibility index (Phi) is 5.54. The Labute approximate surface area is 127 Å². The third-order valence-electron chi connectivity index (χ3n) is 3.04. The average molecular weight is 313 g/mol. The molecule has 1 heterocycles. The lowest BCUT2D eigenvalue weighted by Gasteiger charge is -2.19. The zero-order chi connectivity index (χ0) is 15.2. The van der Waals surface area contributed by atoms with Crippen LogP contribution in [0.25, 0.3) is 0 Å². The fourth-order valence-electron chi connectivity index (χ4n) is 1.79. The summed E-state index contributed by atoms with van der Waals surface area (Å²) in [5, 5.41) is 12.2. The number of ether oxygens (including phenoxy) is 1. The molecule has 1 amide bonds. The van der Waals surface area contributed by atoms with E-state index in [-0.39, 0.29) is 24.2 Å². The molecule has 116 valence electrons.